The number of aliphatic carboxylic acids is 1. The van der Waals surface area contributed by atoms with E-state index >= 15 is 0 Å². The summed E-state index contributed by atoms with van der Waals surface area (Å²) in [7, 11) is 0. The number of anilines is 1. The molecule has 0 atom stereocenters. The highest BCUT2D eigenvalue weighted by Crippen LogP contribution is 2.21. The molecule has 0 spiro atoms. The molecular formula is C13H16FN3O2. The monoisotopic (exact) mass is 265 g/mol. The maximum atomic E-state index is 13.2. The van der Waals surface area contributed by atoms with Crippen LogP contribution in [-0.2, 0) is 11.3 Å². The first kappa shape index (κ1) is 13.3. The van der Waals surface area contributed by atoms with Gasteiger partial charge in [0.05, 0.1) is 17.5 Å². The number of halogens is 1. The minimum Gasteiger partial charge on any atom is -0.481 e. The fourth-order valence-corrected chi connectivity index (χ4v) is 1.91. The Hall–Kier alpha value is -2.11. The molecule has 2 N–H and O–H groups in total. The van der Waals surface area contributed by atoms with Crippen LogP contribution in [-0.4, -0.2) is 27.2 Å². The number of aryl methyl sites for hydroxylation is 1. The van der Waals surface area contributed by atoms with E-state index in [1.54, 1.807) is 10.6 Å². The van der Waals surface area contributed by atoms with Crippen molar-refractivity contribution in [2.24, 2.45) is 0 Å². The predicted octanol–water partition coefficient (Wildman–Crippen LogP) is 2.47. The zero-order chi connectivity index (χ0) is 13.8. The average molecular weight is 265 g/mol. The van der Waals surface area contributed by atoms with Crippen molar-refractivity contribution in [3.63, 3.8) is 0 Å². The van der Waals surface area contributed by atoms with Crippen LogP contribution in [0.15, 0.2) is 18.2 Å². The van der Waals surface area contributed by atoms with Crippen LogP contribution in [0.2, 0.25) is 0 Å². The lowest BCUT2D eigenvalue weighted by Gasteiger charge is -2.08. The summed E-state index contributed by atoms with van der Waals surface area (Å²) in [6.45, 7) is 3.07. The van der Waals surface area contributed by atoms with Gasteiger partial charge < -0.3 is 15.0 Å². The molecule has 0 radical (unpaired) electrons. The van der Waals surface area contributed by atoms with Gasteiger partial charge in [0.15, 0.2) is 0 Å². The second-order valence-corrected chi connectivity index (χ2v) is 4.29. The third kappa shape index (κ3) is 3.01. The summed E-state index contributed by atoms with van der Waals surface area (Å²) in [6.07, 6.45) is 0.931. The number of carbonyl (C=O) groups is 1. The van der Waals surface area contributed by atoms with Crippen molar-refractivity contribution in [2.75, 3.05) is 11.9 Å². The molecule has 0 bridgehead atoms. The van der Waals surface area contributed by atoms with Gasteiger partial charge in [-0.2, -0.15) is 0 Å². The SMILES string of the molecule is CCCNc1nc2cc(F)ccc2n1CCC(=O)O. The van der Waals surface area contributed by atoms with Gasteiger partial charge in [0.1, 0.15) is 5.82 Å². The van der Waals surface area contributed by atoms with E-state index in [2.05, 4.69) is 10.3 Å². The van der Waals surface area contributed by atoms with Crippen LogP contribution in [0.25, 0.3) is 11.0 Å². The minimum absolute atomic E-state index is 0.00361. The summed E-state index contributed by atoms with van der Waals surface area (Å²) in [5, 5.41) is 11.9. The van der Waals surface area contributed by atoms with Gasteiger partial charge in [0, 0.05) is 19.2 Å². The third-order valence-electron chi connectivity index (χ3n) is 2.79. The van der Waals surface area contributed by atoms with Gasteiger partial charge in [-0.25, -0.2) is 9.37 Å². The van der Waals surface area contributed by atoms with E-state index in [9.17, 15) is 9.18 Å². The van der Waals surface area contributed by atoms with Crippen LogP contribution in [0, 0.1) is 5.82 Å². The van der Waals surface area contributed by atoms with Gasteiger partial charge in [-0.1, -0.05) is 6.92 Å². The fraction of sp³-hybridized carbons (Fsp3) is 0.385. The standard InChI is InChI=1S/C13H16FN3O2/c1-2-6-15-13-16-10-8-9(14)3-4-11(10)17(13)7-5-12(18)19/h3-4,8H,2,5-7H2,1H3,(H,15,16)(H,18,19). The molecule has 0 fully saturated rings. The molecule has 0 aliphatic rings. The summed E-state index contributed by atoms with van der Waals surface area (Å²) in [5.74, 6) is -0.633. The molecule has 0 aliphatic heterocycles. The molecule has 1 aromatic carbocycles. The van der Waals surface area contributed by atoms with Gasteiger partial charge in [-0.05, 0) is 18.6 Å². The van der Waals surface area contributed by atoms with Crippen molar-refractivity contribution in [3.05, 3.63) is 24.0 Å². The lowest BCUT2D eigenvalue weighted by atomic mass is 10.3. The highest BCUT2D eigenvalue weighted by atomic mass is 19.1. The number of hydrogen-bond acceptors (Lipinski definition) is 3. The van der Waals surface area contributed by atoms with Gasteiger partial charge in [0.25, 0.3) is 0 Å². The number of nitrogens with one attached hydrogen (secondary N) is 1. The third-order valence-corrected chi connectivity index (χ3v) is 2.79. The maximum Gasteiger partial charge on any atom is 0.305 e. The fourth-order valence-electron chi connectivity index (χ4n) is 1.91. The average Bonchev–Trinajstić information content (AvgIpc) is 2.70. The molecule has 5 nitrogen and oxygen atoms in total. The van der Waals surface area contributed by atoms with Crippen molar-refractivity contribution < 1.29 is 14.3 Å². The first-order valence-corrected chi connectivity index (χ1v) is 6.23. The second-order valence-electron chi connectivity index (χ2n) is 4.29. The van der Waals surface area contributed by atoms with E-state index in [0.29, 0.717) is 18.0 Å². The van der Waals surface area contributed by atoms with Gasteiger partial charge in [0.2, 0.25) is 5.95 Å². The van der Waals surface area contributed by atoms with Gasteiger partial charge in [-0.15, -0.1) is 0 Å². The number of nitrogens with zero attached hydrogens (tertiary/aromatic N) is 2. The van der Waals surface area contributed by atoms with Crippen LogP contribution < -0.4 is 5.32 Å². The largest absolute Gasteiger partial charge is 0.481 e. The lowest BCUT2D eigenvalue weighted by Crippen LogP contribution is -2.10. The molecule has 6 heteroatoms. The molecule has 1 heterocycles. The molecule has 2 aromatic rings. The van der Waals surface area contributed by atoms with E-state index in [1.807, 2.05) is 6.92 Å². The molecule has 0 amide bonds. The molecule has 19 heavy (non-hydrogen) atoms. The van der Waals surface area contributed by atoms with E-state index in [4.69, 9.17) is 5.11 Å². The number of aromatic nitrogens is 2. The molecule has 0 saturated carbocycles. The lowest BCUT2D eigenvalue weighted by molar-refractivity contribution is -0.137. The molecule has 2 rings (SSSR count). The van der Waals surface area contributed by atoms with E-state index < -0.39 is 5.97 Å². The molecular weight excluding hydrogens is 249 g/mol. The first-order valence-electron chi connectivity index (χ1n) is 6.23. The van der Waals surface area contributed by atoms with Crippen molar-refractivity contribution in [1.29, 1.82) is 0 Å². The molecule has 1 aromatic heterocycles. The maximum absolute atomic E-state index is 13.2. The quantitative estimate of drug-likeness (QED) is 0.842. The summed E-state index contributed by atoms with van der Waals surface area (Å²) < 4.78 is 15.0. The highest BCUT2D eigenvalue weighted by Gasteiger charge is 2.12. The van der Waals surface area contributed by atoms with Crippen LogP contribution in [0.3, 0.4) is 0 Å². The van der Waals surface area contributed by atoms with Crippen molar-refractivity contribution >= 4 is 23.0 Å². The van der Waals surface area contributed by atoms with Crippen LogP contribution in [0.5, 0.6) is 0 Å². The molecule has 0 aliphatic carbocycles. The molecule has 0 saturated heterocycles. The Morgan fingerprint density at radius 1 is 1.53 bits per heavy atom. The van der Waals surface area contributed by atoms with Crippen LogP contribution >= 0.6 is 0 Å². The zero-order valence-corrected chi connectivity index (χ0v) is 10.7. The number of benzene rings is 1. The Kier molecular flexibility index (Phi) is 3.99. The van der Waals surface area contributed by atoms with E-state index in [0.717, 1.165) is 18.5 Å². The Bertz CT molecular complexity index is 595. The minimum atomic E-state index is -0.870. The van der Waals surface area contributed by atoms with Crippen LogP contribution in [0.1, 0.15) is 19.8 Å². The zero-order valence-electron chi connectivity index (χ0n) is 10.7. The number of imidazole rings is 1. The number of rotatable bonds is 6. The van der Waals surface area contributed by atoms with Crippen LogP contribution in [0.4, 0.5) is 10.3 Å². The highest BCUT2D eigenvalue weighted by molar-refractivity contribution is 5.79. The number of hydrogen-bond donors (Lipinski definition) is 2. The Labute approximate surface area is 110 Å². The van der Waals surface area contributed by atoms with Crippen molar-refractivity contribution in [2.45, 2.75) is 26.3 Å². The molecule has 102 valence electrons. The van der Waals surface area contributed by atoms with Gasteiger partial charge >= 0.3 is 5.97 Å². The van der Waals surface area contributed by atoms with E-state index in [1.165, 1.54) is 12.1 Å². The smallest absolute Gasteiger partial charge is 0.305 e. The number of carboxylic acids is 1. The first-order chi connectivity index (χ1) is 9.11. The van der Waals surface area contributed by atoms with Crippen molar-refractivity contribution in [3.8, 4) is 0 Å². The summed E-state index contributed by atoms with van der Waals surface area (Å²) in [4.78, 5) is 15.0. The Morgan fingerprint density at radius 2 is 2.32 bits per heavy atom. The van der Waals surface area contributed by atoms with Crippen molar-refractivity contribution in [1.82, 2.24) is 9.55 Å². The normalized spacial score (nSPS) is 10.8. The number of fused-ring (bicyclic) bond motifs is 1. The van der Waals surface area contributed by atoms with E-state index in [-0.39, 0.29) is 12.2 Å². The van der Waals surface area contributed by atoms with Gasteiger partial charge in [-0.3, -0.25) is 4.79 Å². The predicted molar refractivity (Wildman–Crippen MR) is 70.7 cm³/mol. The Balaban J connectivity index is 2.39. The summed E-state index contributed by atoms with van der Waals surface area (Å²) in [6, 6.07) is 4.32. The summed E-state index contributed by atoms with van der Waals surface area (Å²) in [5.41, 5.74) is 1.27. The number of carboxylic acid groups (broad SMARTS) is 1. The topological polar surface area (TPSA) is 67.2 Å². The second kappa shape index (κ2) is 5.69. The molecule has 0 unspecified atom stereocenters. The Morgan fingerprint density at radius 3 is 3.00 bits per heavy atom. The summed E-state index contributed by atoms with van der Waals surface area (Å²) >= 11 is 0.